The lowest BCUT2D eigenvalue weighted by molar-refractivity contribution is -0.176. The predicted octanol–water partition coefficient (Wildman–Crippen LogP) is 3.02. The zero-order chi connectivity index (χ0) is 21.3. The molecule has 2 aromatic rings. The maximum absolute atomic E-state index is 12.1. The number of amides is 2. The van der Waals surface area contributed by atoms with Crippen molar-refractivity contribution < 1.29 is 32.6 Å². The molecular weight excluding hydrogens is 389 g/mol. The van der Waals surface area contributed by atoms with Crippen molar-refractivity contribution in [3.8, 4) is 5.75 Å². The average molecular weight is 410 g/mol. The Balaban J connectivity index is 1.66. The Morgan fingerprint density at radius 2 is 1.55 bits per heavy atom. The number of halogens is 3. The molecule has 29 heavy (non-hydrogen) atoms. The summed E-state index contributed by atoms with van der Waals surface area (Å²) in [6, 6.07) is 12.0. The number of phenols is 1. The third-order valence-corrected chi connectivity index (χ3v) is 3.78. The summed E-state index contributed by atoms with van der Waals surface area (Å²) in [6.07, 6.45) is -3.87. The van der Waals surface area contributed by atoms with E-state index in [-0.39, 0.29) is 24.2 Å². The highest BCUT2D eigenvalue weighted by molar-refractivity contribution is 5.95. The van der Waals surface area contributed by atoms with Crippen molar-refractivity contribution in [3.63, 3.8) is 0 Å². The van der Waals surface area contributed by atoms with E-state index in [0.29, 0.717) is 36.2 Å². The Bertz CT molecular complexity index is 823. The monoisotopic (exact) mass is 410 g/mol. The SMILES string of the molecule is O=C(NCCCNC(=O)c1cccc(O)c1)c1ccc(COCC(F)(F)F)cc1. The number of phenolic OH excluding ortho intramolecular Hbond substituents is 1. The molecule has 0 saturated carbocycles. The summed E-state index contributed by atoms with van der Waals surface area (Å²) in [5.41, 5.74) is 1.24. The van der Waals surface area contributed by atoms with Gasteiger partial charge in [-0.15, -0.1) is 0 Å². The molecule has 0 aliphatic rings. The van der Waals surface area contributed by atoms with Gasteiger partial charge in [0.2, 0.25) is 0 Å². The Morgan fingerprint density at radius 1 is 0.931 bits per heavy atom. The molecule has 0 spiro atoms. The molecule has 3 N–H and O–H groups in total. The van der Waals surface area contributed by atoms with Crippen LogP contribution in [0.5, 0.6) is 5.75 Å². The molecule has 0 fully saturated rings. The second-order valence-corrected chi connectivity index (χ2v) is 6.22. The van der Waals surface area contributed by atoms with Gasteiger partial charge in [-0.3, -0.25) is 9.59 Å². The van der Waals surface area contributed by atoms with E-state index in [4.69, 9.17) is 0 Å². The summed E-state index contributed by atoms with van der Waals surface area (Å²) in [4.78, 5) is 23.9. The van der Waals surface area contributed by atoms with Crippen molar-refractivity contribution >= 4 is 11.8 Å². The molecule has 0 aromatic heterocycles. The third kappa shape index (κ3) is 8.22. The number of ether oxygens (including phenoxy) is 1. The number of alkyl halides is 3. The molecule has 156 valence electrons. The molecule has 6 nitrogen and oxygen atoms in total. The molecule has 0 unspecified atom stereocenters. The zero-order valence-corrected chi connectivity index (χ0v) is 15.5. The van der Waals surface area contributed by atoms with Crippen LogP contribution in [0.1, 0.15) is 32.7 Å². The predicted molar refractivity (Wildman–Crippen MR) is 99.5 cm³/mol. The van der Waals surface area contributed by atoms with E-state index >= 15 is 0 Å². The van der Waals surface area contributed by atoms with Crippen LogP contribution in [0.15, 0.2) is 48.5 Å². The Labute approximate surface area is 165 Å². The maximum atomic E-state index is 12.1. The van der Waals surface area contributed by atoms with E-state index < -0.39 is 12.8 Å². The highest BCUT2D eigenvalue weighted by Crippen LogP contribution is 2.16. The molecule has 0 aliphatic carbocycles. The number of carbonyl (C=O) groups is 2. The van der Waals surface area contributed by atoms with Crippen LogP contribution in [0.2, 0.25) is 0 Å². The lowest BCUT2D eigenvalue weighted by atomic mass is 10.1. The Morgan fingerprint density at radius 3 is 2.14 bits per heavy atom. The van der Waals surface area contributed by atoms with Gasteiger partial charge < -0.3 is 20.5 Å². The number of aromatic hydroxyl groups is 1. The molecule has 9 heteroatoms. The van der Waals surface area contributed by atoms with Gasteiger partial charge in [0.05, 0.1) is 6.61 Å². The third-order valence-electron chi connectivity index (χ3n) is 3.78. The molecular formula is C20H21F3N2O4. The van der Waals surface area contributed by atoms with Crippen molar-refractivity contribution in [2.24, 2.45) is 0 Å². The fourth-order valence-electron chi connectivity index (χ4n) is 2.38. The minimum atomic E-state index is -4.37. The van der Waals surface area contributed by atoms with Crippen molar-refractivity contribution in [1.82, 2.24) is 10.6 Å². The lowest BCUT2D eigenvalue weighted by Crippen LogP contribution is -2.29. The van der Waals surface area contributed by atoms with Crippen molar-refractivity contribution in [1.29, 1.82) is 0 Å². The first-order chi connectivity index (χ1) is 13.7. The van der Waals surface area contributed by atoms with Crippen LogP contribution in [0.25, 0.3) is 0 Å². The van der Waals surface area contributed by atoms with Gasteiger partial charge in [-0.05, 0) is 42.3 Å². The van der Waals surface area contributed by atoms with E-state index in [0.717, 1.165) is 0 Å². The van der Waals surface area contributed by atoms with Gasteiger partial charge in [0.15, 0.2) is 0 Å². The number of nitrogens with one attached hydrogen (secondary N) is 2. The summed E-state index contributed by atoms with van der Waals surface area (Å²) < 4.78 is 40.7. The highest BCUT2D eigenvalue weighted by Gasteiger charge is 2.27. The first kappa shape index (κ1) is 22.2. The van der Waals surface area contributed by atoms with Gasteiger partial charge in [0.1, 0.15) is 12.4 Å². The normalized spacial score (nSPS) is 11.1. The summed E-state index contributed by atoms with van der Waals surface area (Å²) >= 11 is 0. The highest BCUT2D eigenvalue weighted by atomic mass is 19.4. The number of benzene rings is 2. The fourth-order valence-corrected chi connectivity index (χ4v) is 2.38. The molecule has 2 amide bonds. The van der Waals surface area contributed by atoms with Crippen LogP contribution in [0.4, 0.5) is 13.2 Å². The Hall–Kier alpha value is -3.07. The van der Waals surface area contributed by atoms with E-state index in [9.17, 15) is 27.9 Å². The van der Waals surface area contributed by atoms with E-state index in [1.165, 1.54) is 36.4 Å². The van der Waals surface area contributed by atoms with Gasteiger partial charge in [-0.2, -0.15) is 13.2 Å². The molecule has 0 heterocycles. The van der Waals surface area contributed by atoms with Gasteiger partial charge in [-0.1, -0.05) is 18.2 Å². The second-order valence-electron chi connectivity index (χ2n) is 6.22. The zero-order valence-electron chi connectivity index (χ0n) is 15.5. The standard InChI is InChI=1S/C20H21F3N2O4/c21-20(22,23)13-29-12-14-5-7-15(8-6-14)18(27)24-9-2-10-25-19(28)16-3-1-4-17(26)11-16/h1,3-8,11,26H,2,9-10,12-13H2,(H,24,27)(H,25,28). The first-order valence-corrected chi connectivity index (χ1v) is 8.83. The van der Waals surface area contributed by atoms with E-state index in [1.807, 2.05) is 0 Å². The van der Waals surface area contributed by atoms with Crippen LogP contribution in [0.3, 0.4) is 0 Å². The minimum absolute atomic E-state index is 0.00264. The van der Waals surface area contributed by atoms with Crippen molar-refractivity contribution in [2.75, 3.05) is 19.7 Å². The molecule has 0 atom stereocenters. The Kier molecular flexibility index (Phi) is 8.02. The summed E-state index contributed by atoms with van der Waals surface area (Å²) in [6.45, 7) is -0.850. The molecule has 2 rings (SSSR count). The molecule has 0 radical (unpaired) electrons. The second kappa shape index (κ2) is 10.5. The summed E-state index contributed by atoms with van der Waals surface area (Å²) in [5, 5.41) is 14.7. The van der Waals surface area contributed by atoms with Crippen LogP contribution in [-0.4, -0.2) is 42.8 Å². The van der Waals surface area contributed by atoms with Gasteiger partial charge in [-0.25, -0.2) is 0 Å². The first-order valence-electron chi connectivity index (χ1n) is 8.83. The quantitative estimate of drug-likeness (QED) is 0.555. The number of carbonyl (C=O) groups excluding carboxylic acids is 2. The van der Waals surface area contributed by atoms with Crippen LogP contribution in [0, 0.1) is 0 Å². The smallest absolute Gasteiger partial charge is 0.411 e. The topological polar surface area (TPSA) is 87.7 Å². The van der Waals surface area contributed by atoms with Gasteiger partial charge >= 0.3 is 6.18 Å². The number of hydrogen-bond donors (Lipinski definition) is 3. The molecule has 0 saturated heterocycles. The largest absolute Gasteiger partial charge is 0.508 e. The lowest BCUT2D eigenvalue weighted by Gasteiger charge is -2.09. The fraction of sp³-hybridized carbons (Fsp3) is 0.300. The van der Waals surface area contributed by atoms with Crippen LogP contribution < -0.4 is 10.6 Å². The van der Waals surface area contributed by atoms with Crippen molar-refractivity contribution in [3.05, 3.63) is 65.2 Å². The number of rotatable bonds is 9. The van der Waals surface area contributed by atoms with E-state index in [1.54, 1.807) is 12.1 Å². The van der Waals surface area contributed by atoms with Gasteiger partial charge in [0, 0.05) is 24.2 Å². The van der Waals surface area contributed by atoms with Gasteiger partial charge in [0.25, 0.3) is 11.8 Å². The van der Waals surface area contributed by atoms with E-state index in [2.05, 4.69) is 15.4 Å². The van der Waals surface area contributed by atoms with Crippen LogP contribution in [-0.2, 0) is 11.3 Å². The number of hydrogen-bond acceptors (Lipinski definition) is 4. The molecule has 2 aromatic carbocycles. The average Bonchev–Trinajstić information content (AvgIpc) is 2.67. The molecule has 0 aliphatic heterocycles. The van der Waals surface area contributed by atoms with Crippen molar-refractivity contribution in [2.45, 2.75) is 19.2 Å². The maximum Gasteiger partial charge on any atom is 0.411 e. The summed E-state index contributed by atoms with van der Waals surface area (Å²) in [5.74, 6) is -0.648. The summed E-state index contributed by atoms with van der Waals surface area (Å²) in [7, 11) is 0. The minimum Gasteiger partial charge on any atom is -0.508 e. The van der Waals surface area contributed by atoms with Crippen LogP contribution >= 0.6 is 0 Å². The molecule has 0 bridgehead atoms.